The molecule has 58 valence electrons. The molecule has 3 fully saturated rings. The van der Waals surface area contributed by atoms with Crippen molar-refractivity contribution < 1.29 is 0 Å². The summed E-state index contributed by atoms with van der Waals surface area (Å²) in [6, 6.07) is 1.62. The van der Waals surface area contributed by atoms with Crippen molar-refractivity contribution in [3.8, 4) is 0 Å². The van der Waals surface area contributed by atoms with Gasteiger partial charge < -0.3 is 0 Å². The third-order valence-electron chi connectivity index (χ3n) is 2.92. The van der Waals surface area contributed by atoms with Crippen LogP contribution in [0.1, 0.15) is 13.8 Å². The lowest BCUT2D eigenvalue weighted by Gasteiger charge is -2.50. The topological polar surface area (TPSA) is 6.48 Å². The van der Waals surface area contributed by atoms with Gasteiger partial charge in [-0.2, -0.15) is 0 Å². The summed E-state index contributed by atoms with van der Waals surface area (Å²) in [5, 5.41) is 0. The Morgan fingerprint density at radius 3 is 1.50 bits per heavy atom. The van der Waals surface area contributed by atoms with E-state index in [1.54, 1.807) is 0 Å². The zero-order valence-corrected chi connectivity index (χ0v) is 6.88. The first-order chi connectivity index (χ1) is 4.77. The zero-order chi connectivity index (χ0) is 7.14. The van der Waals surface area contributed by atoms with Crippen LogP contribution in [-0.2, 0) is 0 Å². The van der Waals surface area contributed by atoms with Gasteiger partial charge in [-0.15, -0.1) is 0 Å². The summed E-state index contributed by atoms with van der Waals surface area (Å²) in [7, 11) is 0. The minimum Gasteiger partial charge on any atom is -0.297 e. The number of piperazine rings is 3. The third-order valence-corrected chi connectivity index (χ3v) is 2.92. The van der Waals surface area contributed by atoms with Gasteiger partial charge in [0.2, 0.25) is 0 Å². The van der Waals surface area contributed by atoms with Crippen LogP contribution in [0, 0.1) is 0 Å². The lowest BCUT2D eigenvalue weighted by atomic mass is 10.0. The molecule has 0 spiro atoms. The van der Waals surface area contributed by atoms with Crippen LogP contribution in [0.5, 0.6) is 0 Å². The van der Waals surface area contributed by atoms with Crippen molar-refractivity contribution in [2.75, 3.05) is 26.2 Å². The van der Waals surface area contributed by atoms with Gasteiger partial charge in [0.05, 0.1) is 0 Å². The summed E-state index contributed by atoms with van der Waals surface area (Å²) in [6.07, 6.45) is 0. The molecule has 4 atom stereocenters. The predicted octanol–water partition coefficient (Wildman–Crippen LogP) is 0.395. The average molecular weight is 140 g/mol. The summed E-state index contributed by atoms with van der Waals surface area (Å²) < 4.78 is 0. The van der Waals surface area contributed by atoms with Crippen LogP contribution in [0.15, 0.2) is 0 Å². The van der Waals surface area contributed by atoms with E-state index in [-0.39, 0.29) is 0 Å². The van der Waals surface area contributed by atoms with Gasteiger partial charge in [-0.1, -0.05) is 0 Å². The lowest BCUT2D eigenvalue weighted by Crippen LogP contribution is -2.63. The monoisotopic (exact) mass is 140 g/mol. The zero-order valence-electron chi connectivity index (χ0n) is 6.88. The quantitative estimate of drug-likeness (QED) is 0.480. The molecule has 0 N–H and O–H groups in total. The summed E-state index contributed by atoms with van der Waals surface area (Å²) in [6.45, 7) is 9.84. The normalized spacial score (nSPS) is 53.4. The van der Waals surface area contributed by atoms with E-state index in [1.807, 2.05) is 0 Å². The highest BCUT2D eigenvalue weighted by Crippen LogP contribution is 2.19. The van der Waals surface area contributed by atoms with Crippen LogP contribution in [0.25, 0.3) is 0 Å². The Kier molecular flexibility index (Phi) is 1.46. The molecular formula is C8H16N2. The first-order valence-electron chi connectivity index (χ1n) is 4.25. The molecule has 3 rings (SSSR count). The Morgan fingerprint density at radius 1 is 0.900 bits per heavy atom. The van der Waals surface area contributed by atoms with Gasteiger partial charge in [0, 0.05) is 38.3 Å². The third kappa shape index (κ3) is 0.867. The van der Waals surface area contributed by atoms with Gasteiger partial charge in [0.25, 0.3) is 0 Å². The average Bonchev–Trinajstić information content (AvgIpc) is 1.91. The van der Waals surface area contributed by atoms with Crippen molar-refractivity contribution >= 4 is 0 Å². The molecule has 3 heterocycles. The molecule has 0 aliphatic carbocycles. The van der Waals surface area contributed by atoms with Crippen molar-refractivity contribution in [2.45, 2.75) is 25.9 Å². The van der Waals surface area contributed by atoms with Gasteiger partial charge >= 0.3 is 0 Å². The highest BCUT2D eigenvalue weighted by Gasteiger charge is 2.33. The molecule has 3 aliphatic heterocycles. The molecule has 2 bridgehead atoms. The van der Waals surface area contributed by atoms with E-state index in [4.69, 9.17) is 0 Å². The summed E-state index contributed by atoms with van der Waals surface area (Å²) >= 11 is 0. The number of fused-ring (bicyclic) bond motifs is 3. The molecule has 3 saturated heterocycles. The van der Waals surface area contributed by atoms with E-state index < -0.39 is 0 Å². The van der Waals surface area contributed by atoms with Crippen molar-refractivity contribution in [2.24, 2.45) is 0 Å². The smallest absolute Gasteiger partial charge is 0.0196 e. The molecule has 10 heavy (non-hydrogen) atoms. The Hall–Kier alpha value is -0.0800. The maximum absolute atomic E-state index is 2.60. The minimum absolute atomic E-state index is 0.810. The number of nitrogens with zero attached hydrogens (tertiary/aromatic N) is 2. The number of hydrogen-bond acceptors (Lipinski definition) is 2. The van der Waals surface area contributed by atoms with Gasteiger partial charge in [-0.3, -0.25) is 9.80 Å². The summed E-state index contributed by atoms with van der Waals surface area (Å²) in [5.41, 5.74) is 0. The van der Waals surface area contributed by atoms with Crippen LogP contribution < -0.4 is 0 Å². The van der Waals surface area contributed by atoms with Gasteiger partial charge in [-0.25, -0.2) is 0 Å². The molecule has 0 amide bonds. The Bertz CT molecular complexity index is 119. The second-order valence-corrected chi connectivity index (χ2v) is 3.69. The first-order valence-corrected chi connectivity index (χ1v) is 4.25. The molecule has 2 heteroatoms. The molecule has 2 nitrogen and oxygen atoms in total. The summed E-state index contributed by atoms with van der Waals surface area (Å²) in [4.78, 5) is 5.20. The fourth-order valence-electron chi connectivity index (χ4n) is 2.15. The molecule has 0 aromatic rings. The van der Waals surface area contributed by atoms with Crippen LogP contribution >= 0.6 is 0 Å². The molecule has 0 radical (unpaired) electrons. The second-order valence-electron chi connectivity index (χ2n) is 3.69. The Morgan fingerprint density at radius 2 is 1.30 bits per heavy atom. The van der Waals surface area contributed by atoms with Crippen LogP contribution in [0.4, 0.5) is 0 Å². The second kappa shape index (κ2) is 2.21. The molecular weight excluding hydrogens is 124 g/mol. The van der Waals surface area contributed by atoms with E-state index in [0.717, 1.165) is 12.1 Å². The molecule has 3 aliphatic rings. The largest absolute Gasteiger partial charge is 0.297 e. The maximum Gasteiger partial charge on any atom is 0.0196 e. The Labute approximate surface area is 62.8 Å². The van der Waals surface area contributed by atoms with Crippen molar-refractivity contribution in [3.05, 3.63) is 0 Å². The predicted molar refractivity (Wildman–Crippen MR) is 42.1 cm³/mol. The van der Waals surface area contributed by atoms with Crippen LogP contribution in [-0.4, -0.2) is 48.1 Å². The lowest BCUT2D eigenvalue weighted by molar-refractivity contribution is -0.0160. The summed E-state index contributed by atoms with van der Waals surface area (Å²) in [5.74, 6) is 0. The first kappa shape index (κ1) is 6.62. The van der Waals surface area contributed by atoms with Crippen LogP contribution in [0.2, 0.25) is 0 Å². The van der Waals surface area contributed by atoms with Crippen LogP contribution in [0.3, 0.4) is 0 Å². The SMILES string of the molecule is CC1CN2CCN1CC2C. The molecule has 0 aromatic carbocycles. The standard InChI is InChI=1S/C8H16N2/c1-7-5-10-4-3-9(7)6-8(10)2/h7-8H,3-6H2,1-2H3. The molecule has 0 saturated carbocycles. The number of hydrogen-bond donors (Lipinski definition) is 0. The van der Waals surface area contributed by atoms with Crippen molar-refractivity contribution in [1.82, 2.24) is 9.80 Å². The van der Waals surface area contributed by atoms with Crippen molar-refractivity contribution in [1.29, 1.82) is 0 Å². The van der Waals surface area contributed by atoms with Gasteiger partial charge in [0.15, 0.2) is 0 Å². The fourth-order valence-corrected chi connectivity index (χ4v) is 2.15. The minimum atomic E-state index is 0.810. The van der Waals surface area contributed by atoms with E-state index in [9.17, 15) is 0 Å². The van der Waals surface area contributed by atoms with E-state index >= 15 is 0 Å². The molecule has 4 unspecified atom stereocenters. The highest BCUT2D eigenvalue weighted by molar-refractivity contribution is 4.89. The van der Waals surface area contributed by atoms with Gasteiger partial charge in [0.1, 0.15) is 0 Å². The van der Waals surface area contributed by atoms with Crippen molar-refractivity contribution in [3.63, 3.8) is 0 Å². The van der Waals surface area contributed by atoms with E-state index in [1.165, 1.54) is 26.2 Å². The fraction of sp³-hybridized carbons (Fsp3) is 1.00. The van der Waals surface area contributed by atoms with Gasteiger partial charge in [-0.05, 0) is 13.8 Å². The Balaban J connectivity index is 2.09. The van der Waals surface area contributed by atoms with E-state index in [0.29, 0.717) is 0 Å². The van der Waals surface area contributed by atoms with E-state index in [2.05, 4.69) is 23.6 Å². The number of rotatable bonds is 0. The molecule has 0 aromatic heterocycles. The maximum atomic E-state index is 2.60. The highest BCUT2D eigenvalue weighted by atomic mass is 15.4.